The Morgan fingerprint density at radius 1 is 0.851 bits per heavy atom. The average Bonchev–Trinajstić information content (AvgIpc) is 3.45. The van der Waals surface area contributed by atoms with Crippen molar-refractivity contribution in [3.63, 3.8) is 0 Å². The van der Waals surface area contributed by atoms with Gasteiger partial charge in [-0.2, -0.15) is 0 Å². The van der Waals surface area contributed by atoms with Crippen molar-refractivity contribution in [3.05, 3.63) is 90.6 Å². The van der Waals surface area contributed by atoms with Gasteiger partial charge < -0.3 is 15.4 Å². The van der Waals surface area contributed by atoms with Gasteiger partial charge in [0.05, 0.1) is 11.3 Å². The van der Waals surface area contributed by atoms with Crippen molar-refractivity contribution in [1.82, 2.24) is 29.3 Å². The largest absolute Gasteiger partial charge is 0.444 e. The molecule has 2 saturated heterocycles. The molecular formula is C38H43N7O2. The first-order valence-electron chi connectivity index (χ1n) is 16.6. The van der Waals surface area contributed by atoms with Crippen LogP contribution in [0.5, 0.6) is 0 Å². The van der Waals surface area contributed by atoms with Crippen LogP contribution in [-0.4, -0.2) is 67.2 Å². The molecule has 0 unspecified atom stereocenters. The fraction of sp³-hybridized carbons (Fsp3) is 0.368. The first-order valence-corrected chi connectivity index (χ1v) is 16.6. The summed E-state index contributed by atoms with van der Waals surface area (Å²) in [6.45, 7) is 10.4. The van der Waals surface area contributed by atoms with Gasteiger partial charge >= 0.3 is 6.09 Å². The molecular weight excluding hydrogens is 586 g/mol. The molecule has 242 valence electrons. The number of rotatable bonds is 5. The van der Waals surface area contributed by atoms with Crippen LogP contribution in [0.25, 0.3) is 39.5 Å². The highest BCUT2D eigenvalue weighted by atomic mass is 16.6. The van der Waals surface area contributed by atoms with Crippen LogP contribution in [0.2, 0.25) is 0 Å². The van der Waals surface area contributed by atoms with E-state index in [-0.39, 0.29) is 6.09 Å². The summed E-state index contributed by atoms with van der Waals surface area (Å²) in [6.07, 6.45) is 5.95. The molecule has 1 spiro atoms. The number of amides is 1. The normalized spacial score (nSPS) is 16.9. The fourth-order valence-electron chi connectivity index (χ4n) is 6.94. The van der Waals surface area contributed by atoms with Gasteiger partial charge in [-0.1, -0.05) is 42.5 Å². The summed E-state index contributed by atoms with van der Waals surface area (Å²) in [4.78, 5) is 31.4. The predicted molar refractivity (Wildman–Crippen MR) is 186 cm³/mol. The number of carbonyl (C=O) groups is 1. The van der Waals surface area contributed by atoms with Crippen LogP contribution in [-0.2, 0) is 11.3 Å². The second-order valence-corrected chi connectivity index (χ2v) is 14.0. The number of ether oxygens (including phenoxy) is 1. The van der Waals surface area contributed by atoms with Gasteiger partial charge in [0.25, 0.3) is 0 Å². The Hall–Kier alpha value is -4.76. The predicted octanol–water partition coefficient (Wildman–Crippen LogP) is 7.34. The van der Waals surface area contributed by atoms with E-state index in [1.165, 1.54) is 18.4 Å². The molecule has 9 nitrogen and oxygen atoms in total. The maximum absolute atomic E-state index is 12.6. The van der Waals surface area contributed by atoms with Crippen molar-refractivity contribution >= 4 is 23.1 Å². The van der Waals surface area contributed by atoms with E-state index in [4.69, 9.17) is 20.4 Å². The van der Waals surface area contributed by atoms with Gasteiger partial charge in [-0.3, -0.25) is 9.47 Å². The lowest BCUT2D eigenvalue weighted by Gasteiger charge is -2.46. The monoisotopic (exact) mass is 629 g/mol. The number of hydrogen-bond acceptors (Lipinski definition) is 7. The third-order valence-corrected chi connectivity index (χ3v) is 9.65. The molecule has 5 heterocycles. The number of aromatic nitrogens is 4. The molecule has 1 amide bonds. The Labute approximate surface area is 276 Å². The summed E-state index contributed by atoms with van der Waals surface area (Å²) in [5.74, 6) is 1.15. The van der Waals surface area contributed by atoms with Crippen molar-refractivity contribution in [3.8, 4) is 28.3 Å². The number of anilines is 1. The second-order valence-electron chi connectivity index (χ2n) is 14.0. The molecule has 0 atom stereocenters. The molecule has 9 heteroatoms. The maximum atomic E-state index is 12.6. The average molecular weight is 630 g/mol. The molecule has 5 aromatic rings. The SMILES string of the molecule is CC(C)(C)OC(=O)N1CCC2(CCN(Cc3ccc(-n4c(-c5cccnc5N)nc5ccc(-c6ccccc6)nc54)cc3)CC2)CC1. The number of nitrogen functional groups attached to an aromatic ring is 1. The highest BCUT2D eigenvalue weighted by Gasteiger charge is 2.39. The number of benzene rings is 2. The topological polar surface area (TPSA) is 102 Å². The Kier molecular flexibility index (Phi) is 8.18. The highest BCUT2D eigenvalue weighted by Crippen LogP contribution is 2.42. The van der Waals surface area contributed by atoms with Gasteiger partial charge in [-0.15, -0.1) is 0 Å². The molecule has 2 aliphatic rings. The van der Waals surface area contributed by atoms with Gasteiger partial charge in [0, 0.05) is 37.1 Å². The molecule has 2 aromatic carbocycles. The van der Waals surface area contributed by atoms with Crippen molar-refractivity contribution in [2.45, 2.75) is 58.6 Å². The van der Waals surface area contributed by atoms with Crippen LogP contribution in [0.4, 0.5) is 10.6 Å². The summed E-state index contributed by atoms with van der Waals surface area (Å²) < 4.78 is 7.70. The van der Waals surface area contributed by atoms with Crippen molar-refractivity contribution in [2.24, 2.45) is 5.41 Å². The molecule has 7 rings (SSSR count). The minimum Gasteiger partial charge on any atom is -0.444 e. The molecule has 0 aliphatic carbocycles. The molecule has 0 saturated carbocycles. The molecule has 2 fully saturated rings. The van der Waals surface area contributed by atoms with Crippen LogP contribution in [0, 0.1) is 5.41 Å². The Morgan fingerprint density at radius 3 is 2.23 bits per heavy atom. The molecule has 0 radical (unpaired) electrons. The van der Waals surface area contributed by atoms with Gasteiger partial charge in [-0.25, -0.2) is 19.7 Å². The van der Waals surface area contributed by atoms with Crippen molar-refractivity contribution in [1.29, 1.82) is 0 Å². The highest BCUT2D eigenvalue weighted by molar-refractivity contribution is 5.84. The number of imidazole rings is 1. The maximum Gasteiger partial charge on any atom is 0.410 e. The molecule has 2 aliphatic heterocycles. The number of nitrogens with zero attached hydrogens (tertiary/aromatic N) is 6. The van der Waals surface area contributed by atoms with E-state index >= 15 is 0 Å². The second kappa shape index (κ2) is 12.4. The minimum absolute atomic E-state index is 0.180. The number of nitrogens with two attached hydrogens (primary N) is 1. The van der Waals surface area contributed by atoms with E-state index in [0.29, 0.717) is 11.2 Å². The zero-order valence-corrected chi connectivity index (χ0v) is 27.5. The summed E-state index contributed by atoms with van der Waals surface area (Å²) in [5, 5.41) is 0. The molecule has 47 heavy (non-hydrogen) atoms. The van der Waals surface area contributed by atoms with Crippen LogP contribution in [0.15, 0.2) is 85.1 Å². The van der Waals surface area contributed by atoms with Crippen molar-refractivity contribution in [2.75, 3.05) is 31.9 Å². The molecule has 2 N–H and O–H groups in total. The van der Waals surface area contributed by atoms with E-state index in [2.05, 4.69) is 50.8 Å². The molecule has 3 aromatic heterocycles. The van der Waals surface area contributed by atoms with E-state index in [9.17, 15) is 4.79 Å². The van der Waals surface area contributed by atoms with Gasteiger partial charge in [-0.05, 0) is 107 Å². The Balaban J connectivity index is 1.07. The number of carbonyl (C=O) groups excluding carboxylic acids is 1. The standard InChI is InChI=1S/C38H43N7O2/c1-37(2,3)47-36(46)44-24-19-38(20-25-44)17-22-43(23-18-38)26-27-11-13-29(14-12-27)45-34(30-10-7-21-40-33(30)39)42-32-16-15-31(41-35(32)45)28-8-5-4-6-9-28/h4-16,21H,17-20,22-26H2,1-3H3,(H2,39,40). The number of likely N-dealkylation sites (tertiary alicyclic amines) is 2. The number of pyridine rings is 2. The summed E-state index contributed by atoms with van der Waals surface area (Å²) in [7, 11) is 0. The number of piperidine rings is 2. The van der Waals surface area contributed by atoms with Crippen LogP contribution in [0.1, 0.15) is 52.0 Å². The zero-order valence-electron chi connectivity index (χ0n) is 27.5. The van der Waals surface area contributed by atoms with Gasteiger partial charge in [0.1, 0.15) is 16.9 Å². The summed E-state index contributed by atoms with van der Waals surface area (Å²) in [5.41, 5.74) is 12.8. The van der Waals surface area contributed by atoms with E-state index < -0.39 is 5.60 Å². The fourth-order valence-corrected chi connectivity index (χ4v) is 6.94. The third kappa shape index (κ3) is 6.58. The summed E-state index contributed by atoms with van der Waals surface area (Å²) >= 11 is 0. The van der Waals surface area contributed by atoms with E-state index in [1.54, 1.807) is 6.20 Å². The van der Waals surface area contributed by atoms with Crippen LogP contribution >= 0.6 is 0 Å². The Bertz CT molecular complexity index is 1860. The molecule has 0 bridgehead atoms. The van der Waals surface area contributed by atoms with Gasteiger partial charge in [0.15, 0.2) is 11.5 Å². The Morgan fingerprint density at radius 2 is 1.55 bits per heavy atom. The van der Waals surface area contributed by atoms with E-state index in [0.717, 1.165) is 85.1 Å². The minimum atomic E-state index is -0.458. The smallest absolute Gasteiger partial charge is 0.410 e. The van der Waals surface area contributed by atoms with Crippen LogP contribution < -0.4 is 5.73 Å². The van der Waals surface area contributed by atoms with Gasteiger partial charge in [0.2, 0.25) is 0 Å². The first-order chi connectivity index (χ1) is 22.7. The lowest BCUT2D eigenvalue weighted by Crippen LogP contribution is -2.49. The first kappa shape index (κ1) is 30.9. The lowest BCUT2D eigenvalue weighted by molar-refractivity contribution is -0.00312. The summed E-state index contributed by atoms with van der Waals surface area (Å²) in [6, 6.07) is 26.8. The number of hydrogen-bond donors (Lipinski definition) is 1. The number of fused-ring (bicyclic) bond motifs is 1. The van der Waals surface area contributed by atoms with Crippen LogP contribution in [0.3, 0.4) is 0 Å². The lowest BCUT2D eigenvalue weighted by atomic mass is 9.71. The van der Waals surface area contributed by atoms with E-state index in [1.807, 2.05) is 68.1 Å². The van der Waals surface area contributed by atoms with Crippen molar-refractivity contribution < 1.29 is 9.53 Å². The third-order valence-electron chi connectivity index (χ3n) is 9.65. The zero-order chi connectivity index (χ0) is 32.6. The quantitative estimate of drug-likeness (QED) is 0.217.